The third-order valence-corrected chi connectivity index (χ3v) is 3.09. The molecule has 0 saturated heterocycles. The highest BCUT2D eigenvalue weighted by molar-refractivity contribution is 6.42. The Kier molecular flexibility index (Phi) is 3.54. The summed E-state index contributed by atoms with van der Waals surface area (Å²) in [6, 6.07) is 9.04. The van der Waals surface area contributed by atoms with E-state index in [1.54, 1.807) is 12.3 Å². The monoisotopic (exact) mass is 255 g/mol. The fourth-order valence-corrected chi connectivity index (χ4v) is 1.84. The molecule has 1 unspecified atom stereocenters. The second-order valence-electron chi connectivity index (χ2n) is 3.57. The van der Waals surface area contributed by atoms with Gasteiger partial charge in [0.15, 0.2) is 0 Å². The minimum atomic E-state index is -0.160. The topological polar surface area (TPSA) is 39.2 Å². The lowest BCUT2D eigenvalue weighted by atomic mass is 10.1. The molecular weight excluding hydrogens is 245 g/mol. The van der Waals surface area contributed by atoms with Crippen LogP contribution in [0.3, 0.4) is 0 Å². The molecule has 0 bridgehead atoms. The third kappa shape index (κ3) is 2.59. The van der Waals surface area contributed by atoms with Gasteiger partial charge >= 0.3 is 0 Å². The smallest absolute Gasteiger partial charge is 0.120 e. The quantitative estimate of drug-likeness (QED) is 0.906. The Balaban J connectivity index is 2.12. The van der Waals surface area contributed by atoms with Gasteiger partial charge in [0, 0.05) is 0 Å². The summed E-state index contributed by atoms with van der Waals surface area (Å²) in [5, 5.41) is 1.10. The normalized spacial score (nSPS) is 12.7. The largest absolute Gasteiger partial charge is 0.468 e. The predicted molar refractivity (Wildman–Crippen MR) is 65.8 cm³/mol. The fraction of sp³-hybridized carbons (Fsp3) is 0.167. The van der Waals surface area contributed by atoms with Gasteiger partial charge in [-0.05, 0) is 36.2 Å². The van der Waals surface area contributed by atoms with Crippen molar-refractivity contribution in [2.45, 2.75) is 12.5 Å². The molecule has 0 saturated carbocycles. The maximum absolute atomic E-state index is 5.99. The van der Waals surface area contributed by atoms with Crippen molar-refractivity contribution in [2.24, 2.45) is 5.73 Å². The molecule has 2 rings (SSSR count). The lowest BCUT2D eigenvalue weighted by Gasteiger charge is -2.09. The van der Waals surface area contributed by atoms with E-state index in [4.69, 9.17) is 33.4 Å². The molecule has 0 aliphatic heterocycles. The Labute approximate surface area is 104 Å². The number of hydrogen-bond donors (Lipinski definition) is 1. The Morgan fingerprint density at radius 3 is 2.62 bits per heavy atom. The minimum absolute atomic E-state index is 0.160. The van der Waals surface area contributed by atoms with E-state index in [1.807, 2.05) is 24.3 Å². The maximum atomic E-state index is 5.99. The van der Waals surface area contributed by atoms with Crippen LogP contribution in [0.25, 0.3) is 0 Å². The van der Waals surface area contributed by atoms with Gasteiger partial charge in [0.05, 0.1) is 22.4 Å². The minimum Gasteiger partial charge on any atom is -0.468 e. The summed E-state index contributed by atoms with van der Waals surface area (Å²) in [6.07, 6.45) is 2.29. The fourth-order valence-electron chi connectivity index (χ4n) is 1.52. The van der Waals surface area contributed by atoms with Gasteiger partial charge in [-0.25, -0.2) is 0 Å². The molecule has 2 aromatic rings. The van der Waals surface area contributed by atoms with Gasteiger partial charge in [-0.3, -0.25) is 0 Å². The van der Waals surface area contributed by atoms with Crippen molar-refractivity contribution >= 4 is 23.2 Å². The average molecular weight is 256 g/mol. The summed E-state index contributed by atoms with van der Waals surface area (Å²) in [5.74, 6) is 0.770. The van der Waals surface area contributed by atoms with E-state index in [2.05, 4.69) is 0 Å². The first kappa shape index (κ1) is 11.5. The van der Waals surface area contributed by atoms with Gasteiger partial charge < -0.3 is 10.2 Å². The number of furan rings is 1. The van der Waals surface area contributed by atoms with E-state index >= 15 is 0 Å². The van der Waals surface area contributed by atoms with Crippen molar-refractivity contribution in [2.75, 3.05) is 0 Å². The van der Waals surface area contributed by atoms with Crippen molar-refractivity contribution < 1.29 is 4.42 Å². The van der Waals surface area contributed by atoms with Crippen LogP contribution in [0, 0.1) is 0 Å². The number of halogens is 2. The van der Waals surface area contributed by atoms with Crippen molar-refractivity contribution in [3.63, 3.8) is 0 Å². The summed E-state index contributed by atoms with van der Waals surface area (Å²) >= 11 is 11.8. The van der Waals surface area contributed by atoms with Crippen LogP contribution in [0.4, 0.5) is 0 Å². The van der Waals surface area contributed by atoms with Crippen LogP contribution >= 0.6 is 23.2 Å². The molecule has 0 aliphatic rings. The zero-order valence-electron chi connectivity index (χ0n) is 8.49. The molecular formula is C12H11Cl2NO. The molecule has 0 spiro atoms. The zero-order chi connectivity index (χ0) is 11.5. The highest BCUT2D eigenvalue weighted by Crippen LogP contribution is 2.25. The van der Waals surface area contributed by atoms with Crippen molar-refractivity contribution in [1.29, 1.82) is 0 Å². The van der Waals surface area contributed by atoms with E-state index in [0.29, 0.717) is 16.5 Å². The predicted octanol–water partition coefficient (Wildman–Crippen LogP) is 3.83. The van der Waals surface area contributed by atoms with Crippen LogP contribution in [-0.2, 0) is 6.42 Å². The van der Waals surface area contributed by atoms with Crippen LogP contribution in [0.2, 0.25) is 10.0 Å². The van der Waals surface area contributed by atoms with Gasteiger partial charge in [-0.2, -0.15) is 0 Å². The molecule has 0 fully saturated rings. The molecule has 0 aliphatic carbocycles. The molecule has 2 N–H and O–H groups in total. The van der Waals surface area contributed by atoms with Crippen molar-refractivity contribution in [3.8, 4) is 0 Å². The van der Waals surface area contributed by atoms with Crippen LogP contribution in [-0.4, -0.2) is 0 Å². The lowest BCUT2D eigenvalue weighted by Crippen LogP contribution is -2.12. The van der Waals surface area contributed by atoms with Crippen LogP contribution in [0.5, 0.6) is 0 Å². The molecule has 84 valence electrons. The summed E-state index contributed by atoms with van der Waals surface area (Å²) < 4.78 is 5.24. The van der Waals surface area contributed by atoms with Gasteiger partial charge in [-0.15, -0.1) is 0 Å². The first-order valence-electron chi connectivity index (χ1n) is 4.89. The molecule has 0 amide bonds. The molecule has 1 aromatic carbocycles. The summed E-state index contributed by atoms with van der Waals surface area (Å²) in [5.41, 5.74) is 7.03. The first-order chi connectivity index (χ1) is 7.66. The molecule has 4 heteroatoms. The maximum Gasteiger partial charge on any atom is 0.120 e. The number of nitrogens with two attached hydrogens (primary N) is 1. The first-order valence-corrected chi connectivity index (χ1v) is 5.65. The second kappa shape index (κ2) is 4.91. The molecule has 1 heterocycles. The molecule has 16 heavy (non-hydrogen) atoms. The van der Waals surface area contributed by atoms with Crippen LogP contribution < -0.4 is 5.73 Å². The number of rotatable bonds is 3. The van der Waals surface area contributed by atoms with E-state index in [1.165, 1.54) is 0 Å². The Bertz CT molecular complexity index is 468. The zero-order valence-corrected chi connectivity index (χ0v) is 10.0. The van der Waals surface area contributed by atoms with E-state index in [0.717, 1.165) is 11.3 Å². The van der Waals surface area contributed by atoms with E-state index in [-0.39, 0.29) is 6.04 Å². The van der Waals surface area contributed by atoms with E-state index < -0.39 is 0 Å². The highest BCUT2D eigenvalue weighted by Gasteiger charge is 2.10. The highest BCUT2D eigenvalue weighted by atomic mass is 35.5. The Hall–Kier alpha value is -0.960. The Morgan fingerprint density at radius 2 is 2.00 bits per heavy atom. The van der Waals surface area contributed by atoms with E-state index in [9.17, 15) is 0 Å². The van der Waals surface area contributed by atoms with Crippen molar-refractivity contribution in [1.82, 2.24) is 0 Å². The summed E-state index contributed by atoms with van der Waals surface area (Å²) in [7, 11) is 0. The van der Waals surface area contributed by atoms with Gasteiger partial charge in [0.2, 0.25) is 0 Å². The van der Waals surface area contributed by atoms with Gasteiger partial charge in [-0.1, -0.05) is 29.3 Å². The molecule has 2 nitrogen and oxygen atoms in total. The molecule has 1 atom stereocenters. The average Bonchev–Trinajstić information content (AvgIpc) is 2.77. The van der Waals surface area contributed by atoms with Gasteiger partial charge in [0.1, 0.15) is 5.76 Å². The SMILES string of the molecule is NC(Cc1ccc(Cl)c(Cl)c1)c1ccco1. The molecule has 0 radical (unpaired) electrons. The summed E-state index contributed by atoms with van der Waals surface area (Å²) in [4.78, 5) is 0. The standard InChI is InChI=1S/C12H11Cl2NO/c13-9-4-3-8(6-10(9)14)7-11(15)12-2-1-5-16-12/h1-6,11H,7,15H2. The van der Waals surface area contributed by atoms with Crippen molar-refractivity contribution in [3.05, 3.63) is 58.0 Å². The Morgan fingerprint density at radius 1 is 1.19 bits per heavy atom. The molecule has 1 aromatic heterocycles. The third-order valence-electron chi connectivity index (χ3n) is 2.35. The number of benzene rings is 1. The van der Waals surface area contributed by atoms with Crippen LogP contribution in [0.1, 0.15) is 17.4 Å². The number of hydrogen-bond acceptors (Lipinski definition) is 2. The van der Waals surface area contributed by atoms with Crippen LogP contribution in [0.15, 0.2) is 41.0 Å². The van der Waals surface area contributed by atoms with Gasteiger partial charge in [0.25, 0.3) is 0 Å². The lowest BCUT2D eigenvalue weighted by molar-refractivity contribution is 0.464. The second-order valence-corrected chi connectivity index (χ2v) is 4.39. The summed E-state index contributed by atoms with van der Waals surface area (Å²) in [6.45, 7) is 0.